The SMILES string of the molecule is CC(=O)N(CC(=O)N1CCN(C)CC1)c1cc(Cl)cc(Cl)c1. The highest BCUT2D eigenvalue weighted by Crippen LogP contribution is 2.25. The molecule has 0 bridgehead atoms. The van der Waals surface area contributed by atoms with E-state index in [2.05, 4.69) is 4.90 Å². The topological polar surface area (TPSA) is 43.9 Å². The predicted octanol–water partition coefficient (Wildman–Crippen LogP) is 2.12. The maximum absolute atomic E-state index is 12.4. The Bertz CT molecular complexity index is 552. The fourth-order valence-electron chi connectivity index (χ4n) is 2.37. The summed E-state index contributed by atoms with van der Waals surface area (Å²) in [6.07, 6.45) is 0. The van der Waals surface area contributed by atoms with Crippen molar-refractivity contribution in [1.82, 2.24) is 9.80 Å². The molecule has 0 saturated carbocycles. The fourth-order valence-corrected chi connectivity index (χ4v) is 2.89. The fraction of sp³-hybridized carbons (Fsp3) is 0.467. The third-order valence-electron chi connectivity index (χ3n) is 3.69. The Balaban J connectivity index is 2.12. The molecule has 0 aliphatic carbocycles. The van der Waals surface area contributed by atoms with E-state index >= 15 is 0 Å². The molecule has 2 amide bonds. The Morgan fingerprint density at radius 3 is 2.14 bits per heavy atom. The summed E-state index contributed by atoms with van der Waals surface area (Å²) in [5, 5.41) is 0.863. The van der Waals surface area contributed by atoms with Crippen LogP contribution in [0.1, 0.15) is 6.92 Å². The summed E-state index contributed by atoms with van der Waals surface area (Å²) in [4.78, 5) is 29.7. The van der Waals surface area contributed by atoms with E-state index < -0.39 is 0 Å². The van der Waals surface area contributed by atoms with E-state index in [4.69, 9.17) is 23.2 Å². The lowest BCUT2D eigenvalue weighted by atomic mass is 10.2. The summed E-state index contributed by atoms with van der Waals surface area (Å²) < 4.78 is 0. The highest BCUT2D eigenvalue weighted by molar-refractivity contribution is 6.35. The Morgan fingerprint density at radius 1 is 1.09 bits per heavy atom. The van der Waals surface area contributed by atoms with Crippen LogP contribution in [0.3, 0.4) is 0 Å². The first-order valence-electron chi connectivity index (χ1n) is 7.07. The number of benzene rings is 1. The summed E-state index contributed by atoms with van der Waals surface area (Å²) in [7, 11) is 2.03. The number of hydrogen-bond acceptors (Lipinski definition) is 3. The van der Waals surface area contributed by atoms with Gasteiger partial charge in [0.2, 0.25) is 11.8 Å². The van der Waals surface area contributed by atoms with Gasteiger partial charge < -0.3 is 14.7 Å². The quantitative estimate of drug-likeness (QED) is 0.844. The molecule has 0 spiro atoms. The lowest BCUT2D eigenvalue weighted by Crippen LogP contribution is -2.50. The summed E-state index contributed by atoms with van der Waals surface area (Å²) in [5.74, 6) is -0.291. The van der Waals surface area contributed by atoms with Gasteiger partial charge in [0.1, 0.15) is 6.54 Å². The lowest BCUT2D eigenvalue weighted by molar-refractivity contribution is -0.132. The maximum Gasteiger partial charge on any atom is 0.242 e. The van der Waals surface area contributed by atoms with E-state index in [9.17, 15) is 9.59 Å². The first kappa shape index (κ1) is 17.1. The molecule has 2 rings (SSSR count). The van der Waals surface area contributed by atoms with Crippen molar-refractivity contribution in [3.05, 3.63) is 28.2 Å². The number of carbonyl (C=O) groups excluding carboxylic acids is 2. The van der Waals surface area contributed by atoms with E-state index in [-0.39, 0.29) is 18.4 Å². The van der Waals surface area contributed by atoms with Crippen molar-refractivity contribution >= 4 is 40.7 Å². The van der Waals surface area contributed by atoms with E-state index in [1.54, 1.807) is 23.1 Å². The summed E-state index contributed by atoms with van der Waals surface area (Å²) in [6, 6.07) is 4.85. The normalized spacial score (nSPS) is 15.7. The van der Waals surface area contributed by atoms with Crippen LogP contribution in [0.2, 0.25) is 10.0 Å². The minimum Gasteiger partial charge on any atom is -0.339 e. The standard InChI is InChI=1S/C15H19Cl2N3O2/c1-11(21)20(14-8-12(16)7-13(17)9-14)10-15(22)19-5-3-18(2)4-6-19/h7-9H,3-6,10H2,1-2H3. The third-order valence-corrected chi connectivity index (χ3v) is 4.12. The first-order valence-corrected chi connectivity index (χ1v) is 7.83. The van der Waals surface area contributed by atoms with Crippen LogP contribution in [0.4, 0.5) is 5.69 Å². The molecule has 1 fully saturated rings. The number of likely N-dealkylation sites (N-methyl/N-ethyl adjacent to an activating group) is 1. The van der Waals surface area contributed by atoms with Crippen LogP contribution in [-0.4, -0.2) is 61.4 Å². The van der Waals surface area contributed by atoms with Gasteiger partial charge >= 0.3 is 0 Å². The smallest absolute Gasteiger partial charge is 0.242 e. The van der Waals surface area contributed by atoms with Crippen molar-refractivity contribution in [1.29, 1.82) is 0 Å². The zero-order valence-corrected chi connectivity index (χ0v) is 14.2. The highest BCUT2D eigenvalue weighted by Gasteiger charge is 2.23. The van der Waals surface area contributed by atoms with Crippen LogP contribution in [0.15, 0.2) is 18.2 Å². The number of carbonyl (C=O) groups is 2. The van der Waals surface area contributed by atoms with E-state index in [0.29, 0.717) is 28.8 Å². The second-order valence-electron chi connectivity index (χ2n) is 5.42. The van der Waals surface area contributed by atoms with Gasteiger partial charge in [-0.1, -0.05) is 23.2 Å². The lowest BCUT2D eigenvalue weighted by Gasteiger charge is -2.33. The number of amides is 2. The van der Waals surface area contributed by atoms with Crippen LogP contribution >= 0.6 is 23.2 Å². The zero-order chi connectivity index (χ0) is 16.3. The summed E-state index contributed by atoms with van der Waals surface area (Å²) in [5.41, 5.74) is 0.535. The molecular weight excluding hydrogens is 325 g/mol. The Hall–Kier alpha value is -1.30. The molecule has 1 saturated heterocycles. The van der Waals surface area contributed by atoms with Crippen molar-refractivity contribution in [3.63, 3.8) is 0 Å². The van der Waals surface area contributed by atoms with E-state index in [1.807, 2.05) is 7.05 Å². The Kier molecular flexibility index (Phi) is 5.67. The number of nitrogens with zero attached hydrogens (tertiary/aromatic N) is 3. The van der Waals surface area contributed by atoms with Gasteiger partial charge in [0, 0.05) is 48.8 Å². The van der Waals surface area contributed by atoms with Gasteiger partial charge in [0.25, 0.3) is 0 Å². The molecule has 5 nitrogen and oxygen atoms in total. The molecule has 22 heavy (non-hydrogen) atoms. The van der Waals surface area contributed by atoms with Crippen molar-refractivity contribution in [2.45, 2.75) is 6.92 Å². The molecule has 0 radical (unpaired) electrons. The van der Waals surface area contributed by atoms with Crippen molar-refractivity contribution < 1.29 is 9.59 Å². The first-order chi connectivity index (χ1) is 10.4. The van der Waals surface area contributed by atoms with Crippen LogP contribution < -0.4 is 4.90 Å². The monoisotopic (exact) mass is 343 g/mol. The van der Waals surface area contributed by atoms with Crippen LogP contribution in [0.25, 0.3) is 0 Å². The molecule has 1 aliphatic heterocycles. The number of rotatable bonds is 3. The highest BCUT2D eigenvalue weighted by atomic mass is 35.5. The molecule has 0 aromatic heterocycles. The van der Waals surface area contributed by atoms with Gasteiger partial charge in [-0.05, 0) is 25.2 Å². The Morgan fingerprint density at radius 2 is 1.64 bits per heavy atom. The van der Waals surface area contributed by atoms with Gasteiger partial charge in [-0.15, -0.1) is 0 Å². The summed E-state index contributed by atoms with van der Waals surface area (Å²) in [6.45, 7) is 4.46. The van der Waals surface area contributed by atoms with Crippen molar-refractivity contribution in [2.24, 2.45) is 0 Å². The maximum atomic E-state index is 12.4. The second-order valence-corrected chi connectivity index (χ2v) is 6.29. The Labute approximate surface area is 140 Å². The molecule has 1 aromatic rings. The molecule has 0 N–H and O–H groups in total. The van der Waals surface area contributed by atoms with Gasteiger partial charge in [-0.3, -0.25) is 9.59 Å². The largest absolute Gasteiger partial charge is 0.339 e. The summed E-state index contributed by atoms with van der Waals surface area (Å²) >= 11 is 12.0. The third kappa shape index (κ3) is 4.35. The second kappa shape index (κ2) is 7.31. The van der Waals surface area contributed by atoms with Crippen molar-refractivity contribution in [3.8, 4) is 0 Å². The minimum absolute atomic E-state index is 0.00425. The molecule has 0 unspecified atom stereocenters. The van der Waals surface area contributed by atoms with Crippen molar-refractivity contribution in [2.75, 3.05) is 44.7 Å². The zero-order valence-electron chi connectivity index (χ0n) is 12.7. The van der Waals surface area contributed by atoms with Gasteiger partial charge in [-0.2, -0.15) is 0 Å². The van der Waals surface area contributed by atoms with Gasteiger partial charge in [0.05, 0.1) is 0 Å². The average molecular weight is 344 g/mol. The number of hydrogen-bond donors (Lipinski definition) is 0. The molecule has 1 aromatic carbocycles. The molecule has 1 heterocycles. The van der Waals surface area contributed by atoms with E-state index in [1.165, 1.54) is 11.8 Å². The number of piperazine rings is 1. The van der Waals surface area contributed by atoms with Gasteiger partial charge in [-0.25, -0.2) is 0 Å². The average Bonchev–Trinajstić information content (AvgIpc) is 2.43. The van der Waals surface area contributed by atoms with Gasteiger partial charge in [0.15, 0.2) is 0 Å². The molecule has 1 aliphatic rings. The van der Waals surface area contributed by atoms with Crippen LogP contribution in [0, 0.1) is 0 Å². The number of halogens is 2. The van der Waals surface area contributed by atoms with Crippen LogP contribution in [-0.2, 0) is 9.59 Å². The predicted molar refractivity (Wildman–Crippen MR) is 88.6 cm³/mol. The van der Waals surface area contributed by atoms with E-state index in [0.717, 1.165) is 13.1 Å². The molecule has 7 heteroatoms. The van der Waals surface area contributed by atoms with Crippen LogP contribution in [0.5, 0.6) is 0 Å². The molecule has 120 valence electrons. The number of anilines is 1. The molecule has 0 atom stereocenters. The molecular formula is C15H19Cl2N3O2. The minimum atomic E-state index is -0.221.